The molecule has 0 aliphatic heterocycles. The van der Waals surface area contributed by atoms with Crippen molar-refractivity contribution < 1.29 is 4.79 Å². The Kier molecular flexibility index (Phi) is 5.56. The van der Waals surface area contributed by atoms with Gasteiger partial charge >= 0.3 is 0 Å². The normalized spacial score (nSPS) is 15.0. The molecule has 0 radical (unpaired) electrons. The molecule has 2 N–H and O–H groups in total. The fourth-order valence-electron chi connectivity index (χ4n) is 2.80. The highest BCUT2D eigenvalue weighted by molar-refractivity contribution is 7.99. The van der Waals surface area contributed by atoms with E-state index in [0.717, 1.165) is 18.2 Å². The maximum Gasteiger partial charge on any atom is 0.234 e. The fraction of sp³-hybridized carbons (Fsp3) is 0.438. The van der Waals surface area contributed by atoms with Gasteiger partial charge in [-0.25, -0.2) is 4.98 Å². The van der Waals surface area contributed by atoms with E-state index in [1.165, 1.54) is 37.4 Å². The van der Waals surface area contributed by atoms with Gasteiger partial charge in [0, 0.05) is 6.42 Å². The number of rotatable bonds is 6. The second kappa shape index (κ2) is 7.84. The molecule has 1 aromatic heterocycles. The molecule has 5 nitrogen and oxygen atoms in total. The Morgan fingerprint density at radius 1 is 1.35 bits per heavy atom. The fourth-order valence-corrected chi connectivity index (χ4v) is 3.60. The van der Waals surface area contributed by atoms with Crippen LogP contribution in [0.2, 0.25) is 5.02 Å². The summed E-state index contributed by atoms with van der Waals surface area (Å²) in [7, 11) is 0. The van der Waals surface area contributed by atoms with E-state index in [1.54, 1.807) is 12.1 Å². The lowest BCUT2D eigenvalue weighted by Gasteiger charge is -2.05. The second-order valence-electron chi connectivity index (χ2n) is 5.74. The number of hydrogen-bond acceptors (Lipinski definition) is 4. The van der Waals surface area contributed by atoms with Crippen LogP contribution in [-0.4, -0.2) is 26.8 Å². The molecule has 2 aromatic rings. The third kappa shape index (κ3) is 4.72. The van der Waals surface area contributed by atoms with Gasteiger partial charge in [-0.1, -0.05) is 61.2 Å². The average molecular weight is 351 g/mol. The topological polar surface area (TPSA) is 70.7 Å². The molecule has 1 aromatic carbocycles. The molecule has 7 heteroatoms. The zero-order valence-electron chi connectivity index (χ0n) is 12.7. The van der Waals surface area contributed by atoms with Gasteiger partial charge in [0.1, 0.15) is 5.82 Å². The number of H-pyrrole nitrogens is 1. The summed E-state index contributed by atoms with van der Waals surface area (Å²) in [6.07, 6.45) is 6.16. The Morgan fingerprint density at radius 2 is 2.13 bits per heavy atom. The molecule has 1 amide bonds. The Balaban J connectivity index is 1.47. The average Bonchev–Trinajstić information content (AvgIpc) is 3.20. The minimum absolute atomic E-state index is 0.120. The first-order valence-corrected chi connectivity index (χ1v) is 9.15. The zero-order chi connectivity index (χ0) is 16.1. The van der Waals surface area contributed by atoms with Crippen LogP contribution in [0.3, 0.4) is 0 Å². The number of halogens is 1. The van der Waals surface area contributed by atoms with Crippen LogP contribution in [0.25, 0.3) is 0 Å². The maximum atomic E-state index is 12.0. The molecule has 0 saturated heterocycles. The quantitative estimate of drug-likeness (QED) is 0.774. The lowest BCUT2D eigenvalue weighted by atomic mass is 10.0. The van der Waals surface area contributed by atoms with Crippen molar-refractivity contribution in [3.8, 4) is 0 Å². The number of amides is 1. The second-order valence-corrected chi connectivity index (χ2v) is 7.09. The Bertz CT molecular complexity index is 670. The molecule has 0 bridgehead atoms. The molecular weight excluding hydrogens is 332 g/mol. The predicted octanol–water partition coefficient (Wildman–Crippen LogP) is 3.92. The SMILES string of the molecule is O=C(CSc1n[nH]c(CC2CCCC2)n1)Nc1ccccc1Cl. The standard InChI is InChI=1S/C16H19ClN4OS/c17-12-7-3-4-8-13(12)18-15(22)10-23-16-19-14(20-21-16)9-11-5-1-2-6-11/h3-4,7-8,11H,1-2,5-6,9-10H2,(H,18,22)(H,19,20,21). The van der Waals surface area contributed by atoms with Crippen LogP contribution < -0.4 is 5.32 Å². The van der Waals surface area contributed by atoms with Gasteiger partial charge in [0.25, 0.3) is 0 Å². The number of thioether (sulfide) groups is 1. The number of hydrogen-bond donors (Lipinski definition) is 2. The summed E-state index contributed by atoms with van der Waals surface area (Å²) >= 11 is 7.34. The highest BCUT2D eigenvalue weighted by atomic mass is 35.5. The number of anilines is 1. The van der Waals surface area contributed by atoms with Gasteiger partial charge in [0.05, 0.1) is 16.5 Å². The van der Waals surface area contributed by atoms with Crippen LogP contribution >= 0.6 is 23.4 Å². The van der Waals surface area contributed by atoms with Crippen molar-refractivity contribution in [2.24, 2.45) is 5.92 Å². The van der Waals surface area contributed by atoms with Crippen LogP contribution in [0, 0.1) is 5.92 Å². The smallest absolute Gasteiger partial charge is 0.234 e. The van der Waals surface area contributed by atoms with E-state index in [4.69, 9.17) is 11.6 Å². The first-order chi connectivity index (χ1) is 11.2. The highest BCUT2D eigenvalue weighted by Crippen LogP contribution is 2.27. The summed E-state index contributed by atoms with van der Waals surface area (Å²) in [5.74, 6) is 1.78. The molecule has 3 rings (SSSR count). The Morgan fingerprint density at radius 3 is 2.91 bits per heavy atom. The van der Waals surface area contributed by atoms with Crippen molar-refractivity contribution in [1.29, 1.82) is 0 Å². The van der Waals surface area contributed by atoms with Gasteiger partial charge < -0.3 is 5.32 Å². The number of aromatic nitrogens is 3. The zero-order valence-corrected chi connectivity index (χ0v) is 14.3. The molecule has 23 heavy (non-hydrogen) atoms. The monoisotopic (exact) mass is 350 g/mol. The van der Waals surface area contributed by atoms with Gasteiger partial charge in [-0.2, -0.15) is 0 Å². The molecule has 1 aliphatic carbocycles. The van der Waals surface area contributed by atoms with Crippen LogP contribution in [-0.2, 0) is 11.2 Å². The van der Waals surface area contributed by atoms with Crippen LogP contribution in [0.1, 0.15) is 31.5 Å². The minimum atomic E-state index is -0.120. The van der Waals surface area contributed by atoms with Gasteiger partial charge in [-0.05, 0) is 18.1 Å². The van der Waals surface area contributed by atoms with E-state index in [0.29, 0.717) is 15.9 Å². The first-order valence-electron chi connectivity index (χ1n) is 7.79. The van der Waals surface area contributed by atoms with Gasteiger partial charge in [-0.15, -0.1) is 5.10 Å². The summed E-state index contributed by atoms with van der Waals surface area (Å²) in [5, 5.41) is 11.1. The molecule has 1 aliphatic rings. The van der Waals surface area contributed by atoms with Crippen molar-refractivity contribution in [2.45, 2.75) is 37.3 Å². The summed E-state index contributed by atoms with van der Waals surface area (Å²) in [6.45, 7) is 0. The van der Waals surface area contributed by atoms with Crippen molar-refractivity contribution >= 4 is 35.0 Å². The molecular formula is C16H19ClN4OS. The lowest BCUT2D eigenvalue weighted by molar-refractivity contribution is -0.113. The number of nitrogens with zero attached hydrogens (tertiary/aromatic N) is 2. The van der Waals surface area contributed by atoms with E-state index < -0.39 is 0 Å². The van der Waals surface area contributed by atoms with Crippen molar-refractivity contribution in [2.75, 3.05) is 11.1 Å². The van der Waals surface area contributed by atoms with E-state index in [1.807, 2.05) is 12.1 Å². The Labute approximate surface area is 144 Å². The molecule has 122 valence electrons. The number of para-hydroxylation sites is 1. The van der Waals surface area contributed by atoms with Crippen LogP contribution in [0.5, 0.6) is 0 Å². The van der Waals surface area contributed by atoms with E-state index in [-0.39, 0.29) is 11.7 Å². The van der Waals surface area contributed by atoms with Gasteiger partial charge in [-0.3, -0.25) is 9.89 Å². The summed E-state index contributed by atoms with van der Waals surface area (Å²) < 4.78 is 0. The number of carbonyl (C=O) groups excluding carboxylic acids is 1. The summed E-state index contributed by atoms with van der Waals surface area (Å²) in [5.41, 5.74) is 0.622. The summed E-state index contributed by atoms with van der Waals surface area (Å²) in [4.78, 5) is 16.4. The number of aromatic amines is 1. The van der Waals surface area contributed by atoms with Gasteiger partial charge in [0.2, 0.25) is 11.1 Å². The molecule has 1 fully saturated rings. The maximum absolute atomic E-state index is 12.0. The lowest BCUT2D eigenvalue weighted by Crippen LogP contribution is -2.14. The van der Waals surface area contributed by atoms with Crippen LogP contribution in [0.15, 0.2) is 29.4 Å². The number of nitrogens with one attached hydrogen (secondary N) is 2. The molecule has 1 saturated carbocycles. The molecule has 1 heterocycles. The van der Waals surface area contributed by atoms with Crippen molar-refractivity contribution in [1.82, 2.24) is 15.2 Å². The number of benzene rings is 1. The van der Waals surface area contributed by atoms with E-state index in [2.05, 4.69) is 20.5 Å². The summed E-state index contributed by atoms with van der Waals surface area (Å²) in [6, 6.07) is 7.18. The first kappa shape index (κ1) is 16.3. The van der Waals surface area contributed by atoms with E-state index in [9.17, 15) is 4.79 Å². The van der Waals surface area contributed by atoms with Crippen LogP contribution in [0.4, 0.5) is 5.69 Å². The highest BCUT2D eigenvalue weighted by Gasteiger charge is 2.17. The number of carbonyl (C=O) groups is 1. The molecule has 0 atom stereocenters. The third-order valence-corrected chi connectivity index (χ3v) is 5.13. The molecule has 0 unspecified atom stereocenters. The van der Waals surface area contributed by atoms with Gasteiger partial charge in [0.15, 0.2) is 0 Å². The van der Waals surface area contributed by atoms with Crippen molar-refractivity contribution in [3.63, 3.8) is 0 Å². The minimum Gasteiger partial charge on any atom is -0.324 e. The molecule has 0 spiro atoms. The third-order valence-electron chi connectivity index (χ3n) is 3.95. The Hall–Kier alpha value is -1.53. The predicted molar refractivity (Wildman–Crippen MR) is 92.9 cm³/mol. The van der Waals surface area contributed by atoms with E-state index >= 15 is 0 Å². The largest absolute Gasteiger partial charge is 0.324 e. The van der Waals surface area contributed by atoms with Crippen molar-refractivity contribution in [3.05, 3.63) is 35.1 Å².